The van der Waals surface area contributed by atoms with Crippen molar-refractivity contribution in [3.05, 3.63) is 23.3 Å². The van der Waals surface area contributed by atoms with Crippen molar-refractivity contribution >= 4 is 5.78 Å². The van der Waals surface area contributed by atoms with E-state index in [0.717, 1.165) is 0 Å². The van der Waals surface area contributed by atoms with Gasteiger partial charge in [0.1, 0.15) is 0 Å². The lowest BCUT2D eigenvalue weighted by atomic mass is 10.0. The van der Waals surface area contributed by atoms with Gasteiger partial charge < -0.3 is 14.9 Å². The van der Waals surface area contributed by atoms with Crippen LogP contribution in [-0.2, 0) is 0 Å². The second kappa shape index (κ2) is 2.48. The molecule has 4 nitrogen and oxygen atoms in total. The number of benzene rings is 1. The van der Waals surface area contributed by atoms with E-state index in [2.05, 4.69) is 0 Å². The van der Waals surface area contributed by atoms with E-state index in [1.165, 1.54) is 13.0 Å². The molecule has 0 saturated carbocycles. The molecule has 14 heavy (non-hydrogen) atoms. The number of rotatable bonds is 0. The van der Waals surface area contributed by atoms with E-state index in [0.29, 0.717) is 5.56 Å². The van der Waals surface area contributed by atoms with E-state index in [4.69, 9.17) is 4.74 Å². The molecule has 1 aromatic carbocycles. The number of aryl methyl sites for hydroxylation is 1. The molecule has 0 aromatic heterocycles. The van der Waals surface area contributed by atoms with Crippen LogP contribution in [0.15, 0.2) is 12.1 Å². The third kappa shape index (κ3) is 1.01. The van der Waals surface area contributed by atoms with Gasteiger partial charge >= 0.3 is 0 Å². The summed E-state index contributed by atoms with van der Waals surface area (Å²) in [6.45, 7) is 2.98. The zero-order valence-electron chi connectivity index (χ0n) is 7.87. The molecule has 0 amide bonds. The second-order valence-corrected chi connectivity index (χ2v) is 3.52. The lowest BCUT2D eigenvalue weighted by Crippen LogP contribution is -2.35. The Bertz CT molecular complexity index is 420. The molecule has 1 unspecified atom stereocenters. The molecule has 74 valence electrons. The molecule has 2 N–H and O–H groups in total. The highest BCUT2D eigenvalue weighted by Gasteiger charge is 2.44. The van der Waals surface area contributed by atoms with Gasteiger partial charge in [0.05, 0.1) is 5.56 Å². The lowest BCUT2D eigenvalue weighted by molar-refractivity contribution is -0.0757. The van der Waals surface area contributed by atoms with Crippen molar-refractivity contribution in [2.45, 2.75) is 19.6 Å². The Morgan fingerprint density at radius 2 is 2.07 bits per heavy atom. The van der Waals surface area contributed by atoms with Crippen molar-refractivity contribution in [3.8, 4) is 11.5 Å². The number of carbonyl (C=O) groups is 1. The molecule has 0 spiro atoms. The molecule has 4 heteroatoms. The number of ether oxygens (including phenoxy) is 1. The van der Waals surface area contributed by atoms with Crippen molar-refractivity contribution in [3.63, 3.8) is 0 Å². The fraction of sp³-hybridized carbons (Fsp3) is 0.300. The van der Waals surface area contributed by atoms with Crippen LogP contribution < -0.4 is 4.74 Å². The number of phenols is 1. The predicted molar refractivity (Wildman–Crippen MR) is 48.4 cm³/mol. The van der Waals surface area contributed by atoms with Crippen LogP contribution in [0, 0.1) is 6.92 Å². The van der Waals surface area contributed by atoms with Crippen LogP contribution in [0.1, 0.15) is 22.8 Å². The Morgan fingerprint density at radius 3 is 2.64 bits per heavy atom. The summed E-state index contributed by atoms with van der Waals surface area (Å²) in [6.07, 6.45) is 0. The summed E-state index contributed by atoms with van der Waals surface area (Å²) >= 11 is 0. The van der Waals surface area contributed by atoms with E-state index in [-0.39, 0.29) is 17.1 Å². The van der Waals surface area contributed by atoms with E-state index in [1.54, 1.807) is 13.0 Å². The average Bonchev–Trinajstić information content (AvgIpc) is 2.33. The fourth-order valence-corrected chi connectivity index (χ4v) is 1.53. The van der Waals surface area contributed by atoms with E-state index < -0.39 is 11.6 Å². The highest BCUT2D eigenvalue weighted by molar-refractivity contribution is 6.07. The number of aliphatic hydroxyl groups is 1. The van der Waals surface area contributed by atoms with Gasteiger partial charge in [0.25, 0.3) is 5.79 Å². The summed E-state index contributed by atoms with van der Waals surface area (Å²) in [5, 5.41) is 19.0. The number of hydrogen-bond donors (Lipinski definition) is 2. The second-order valence-electron chi connectivity index (χ2n) is 3.52. The van der Waals surface area contributed by atoms with Gasteiger partial charge in [0.2, 0.25) is 5.78 Å². The Balaban J connectivity index is 2.70. The Labute approximate surface area is 80.7 Å². The number of ketones is 1. The fourth-order valence-electron chi connectivity index (χ4n) is 1.53. The zero-order valence-corrected chi connectivity index (χ0v) is 7.87. The van der Waals surface area contributed by atoms with Crippen molar-refractivity contribution in [2.75, 3.05) is 0 Å². The van der Waals surface area contributed by atoms with E-state index >= 15 is 0 Å². The lowest BCUT2D eigenvalue weighted by Gasteiger charge is -2.13. The van der Waals surface area contributed by atoms with Crippen LogP contribution in [0.25, 0.3) is 0 Å². The van der Waals surface area contributed by atoms with Crippen molar-refractivity contribution in [1.29, 1.82) is 0 Å². The van der Waals surface area contributed by atoms with Gasteiger partial charge in [0.15, 0.2) is 11.5 Å². The van der Waals surface area contributed by atoms with Crippen molar-refractivity contribution in [1.82, 2.24) is 0 Å². The molecular formula is C10H10O4. The van der Waals surface area contributed by atoms with Gasteiger partial charge in [-0.2, -0.15) is 0 Å². The SMILES string of the molecule is Cc1ccc(O)c2c1C(=O)C(C)(O)O2. The van der Waals surface area contributed by atoms with Gasteiger partial charge in [0, 0.05) is 6.92 Å². The number of Topliss-reactive ketones (excluding diaryl/α,β-unsaturated/α-hetero) is 1. The molecule has 1 atom stereocenters. The smallest absolute Gasteiger partial charge is 0.270 e. The standard InChI is InChI=1S/C10H10O4/c1-5-3-4-6(11)8-7(5)9(12)10(2,13)14-8/h3-4,11,13H,1-2H3. The summed E-state index contributed by atoms with van der Waals surface area (Å²) in [5.74, 6) is -2.43. The first kappa shape index (κ1) is 9.02. The maximum atomic E-state index is 11.6. The average molecular weight is 194 g/mol. The summed E-state index contributed by atoms with van der Waals surface area (Å²) in [6, 6.07) is 3.04. The largest absolute Gasteiger partial charge is 0.504 e. The first-order valence-electron chi connectivity index (χ1n) is 4.22. The van der Waals surface area contributed by atoms with Gasteiger partial charge in [-0.15, -0.1) is 0 Å². The molecule has 0 aliphatic carbocycles. The summed E-state index contributed by atoms with van der Waals surface area (Å²) < 4.78 is 4.97. The third-order valence-corrected chi connectivity index (χ3v) is 2.29. The number of aromatic hydroxyl groups is 1. The molecular weight excluding hydrogens is 184 g/mol. The normalized spacial score (nSPS) is 24.6. The minimum absolute atomic E-state index is 0.0694. The Morgan fingerprint density at radius 1 is 1.43 bits per heavy atom. The molecule has 1 aliphatic heterocycles. The van der Waals surface area contributed by atoms with Crippen LogP contribution in [0.2, 0.25) is 0 Å². The molecule has 0 bridgehead atoms. The number of fused-ring (bicyclic) bond motifs is 1. The number of phenolic OH excluding ortho intramolecular Hbond substituents is 1. The summed E-state index contributed by atoms with van der Waals surface area (Å²) in [5.41, 5.74) is 0.940. The van der Waals surface area contributed by atoms with Crippen molar-refractivity contribution in [2.24, 2.45) is 0 Å². The maximum Gasteiger partial charge on any atom is 0.270 e. The molecule has 1 aromatic rings. The quantitative estimate of drug-likeness (QED) is 0.646. The van der Waals surface area contributed by atoms with Crippen LogP contribution in [0.5, 0.6) is 11.5 Å². The zero-order chi connectivity index (χ0) is 10.5. The van der Waals surface area contributed by atoms with Gasteiger partial charge in [-0.3, -0.25) is 4.79 Å². The van der Waals surface area contributed by atoms with Crippen LogP contribution in [0.3, 0.4) is 0 Å². The van der Waals surface area contributed by atoms with E-state index in [9.17, 15) is 15.0 Å². The highest BCUT2D eigenvalue weighted by atomic mass is 16.6. The summed E-state index contributed by atoms with van der Waals surface area (Å²) in [7, 11) is 0. The first-order chi connectivity index (χ1) is 6.43. The topological polar surface area (TPSA) is 66.8 Å². The summed E-state index contributed by atoms with van der Waals surface area (Å²) in [4.78, 5) is 11.6. The van der Waals surface area contributed by atoms with E-state index in [1.807, 2.05) is 0 Å². The molecule has 1 aliphatic rings. The monoisotopic (exact) mass is 194 g/mol. The first-order valence-corrected chi connectivity index (χ1v) is 4.22. The van der Waals surface area contributed by atoms with Gasteiger partial charge in [-0.1, -0.05) is 6.07 Å². The molecule has 0 radical (unpaired) electrons. The minimum atomic E-state index is -1.86. The van der Waals surface area contributed by atoms with Gasteiger partial charge in [-0.25, -0.2) is 0 Å². The van der Waals surface area contributed by atoms with Crippen LogP contribution in [-0.4, -0.2) is 21.8 Å². The van der Waals surface area contributed by atoms with Crippen LogP contribution in [0.4, 0.5) is 0 Å². The number of carbonyl (C=O) groups excluding carboxylic acids is 1. The molecule has 1 heterocycles. The number of hydrogen-bond acceptors (Lipinski definition) is 4. The van der Waals surface area contributed by atoms with Crippen molar-refractivity contribution < 1.29 is 19.7 Å². The maximum absolute atomic E-state index is 11.6. The third-order valence-electron chi connectivity index (χ3n) is 2.29. The minimum Gasteiger partial charge on any atom is -0.504 e. The Hall–Kier alpha value is -1.55. The molecule has 0 fully saturated rings. The predicted octanol–water partition coefficient (Wildman–Crippen LogP) is 0.984. The molecule has 2 rings (SSSR count). The molecule has 0 saturated heterocycles. The Kier molecular flexibility index (Phi) is 1.60. The van der Waals surface area contributed by atoms with Crippen LogP contribution >= 0.6 is 0 Å². The van der Waals surface area contributed by atoms with Gasteiger partial charge in [-0.05, 0) is 18.6 Å². The highest BCUT2D eigenvalue weighted by Crippen LogP contribution is 2.41.